The third-order valence-corrected chi connectivity index (χ3v) is 3.31. The first-order valence-electron chi connectivity index (χ1n) is 5.66. The maximum absolute atomic E-state index is 12.3. The molecule has 0 aliphatic heterocycles. The van der Waals surface area contributed by atoms with Crippen LogP contribution in [-0.2, 0) is 9.53 Å². The minimum atomic E-state index is -0.806. The molecular weight excluding hydrogens is 250 g/mol. The highest BCUT2D eigenvalue weighted by molar-refractivity contribution is 8.00. The fraction of sp³-hybridized carbons (Fsp3) is 0.385. The van der Waals surface area contributed by atoms with Gasteiger partial charge >= 0.3 is 5.97 Å². The average Bonchev–Trinajstić information content (AvgIpc) is 2.39. The summed E-state index contributed by atoms with van der Waals surface area (Å²) in [5.41, 5.74) is 1.22. The summed E-state index contributed by atoms with van der Waals surface area (Å²) in [6.45, 7) is 2.00. The van der Waals surface area contributed by atoms with E-state index in [0.29, 0.717) is 11.3 Å². The highest BCUT2D eigenvalue weighted by atomic mass is 32.2. The highest BCUT2D eigenvalue weighted by Crippen LogP contribution is 2.21. The summed E-state index contributed by atoms with van der Waals surface area (Å²) in [6.07, 6.45) is 1.72. The zero-order valence-electron chi connectivity index (χ0n) is 10.7. The zero-order chi connectivity index (χ0) is 13.5. The second-order valence-corrected chi connectivity index (χ2v) is 4.47. The summed E-state index contributed by atoms with van der Waals surface area (Å²) in [7, 11) is 1.74. The number of carbonyl (C=O) groups excluding carboxylic acids is 2. The molecule has 5 heteroatoms. The predicted molar refractivity (Wildman–Crippen MR) is 74.3 cm³/mol. The fourth-order valence-electron chi connectivity index (χ4n) is 1.59. The van der Waals surface area contributed by atoms with Crippen LogP contribution in [0, 0.1) is 0 Å². The van der Waals surface area contributed by atoms with Gasteiger partial charge in [-0.1, -0.05) is 12.1 Å². The lowest BCUT2D eigenvalue weighted by Crippen LogP contribution is -2.29. The van der Waals surface area contributed by atoms with Crippen molar-refractivity contribution in [3.05, 3.63) is 29.8 Å². The van der Waals surface area contributed by atoms with Gasteiger partial charge in [-0.25, -0.2) is 0 Å². The number of hydrogen-bond donors (Lipinski definition) is 1. The van der Waals surface area contributed by atoms with Crippen LogP contribution in [0.3, 0.4) is 0 Å². The average molecular weight is 267 g/mol. The van der Waals surface area contributed by atoms with Crippen LogP contribution in [-0.4, -0.2) is 36.9 Å². The Labute approximate surface area is 111 Å². The van der Waals surface area contributed by atoms with Crippen molar-refractivity contribution in [1.29, 1.82) is 0 Å². The van der Waals surface area contributed by atoms with Gasteiger partial charge in [0.15, 0.2) is 11.0 Å². The number of esters is 1. The van der Waals surface area contributed by atoms with E-state index in [1.54, 1.807) is 38.4 Å². The van der Waals surface area contributed by atoms with E-state index in [9.17, 15) is 9.59 Å². The number of thioether (sulfide) groups is 1. The number of benzene rings is 1. The maximum Gasteiger partial charge on any atom is 0.327 e. The molecule has 0 spiro atoms. The van der Waals surface area contributed by atoms with E-state index >= 15 is 0 Å². The van der Waals surface area contributed by atoms with Crippen LogP contribution in [0.15, 0.2) is 24.3 Å². The van der Waals surface area contributed by atoms with Gasteiger partial charge in [0.05, 0.1) is 6.61 Å². The summed E-state index contributed by atoms with van der Waals surface area (Å²) >= 11 is 1.19. The normalized spacial score (nSPS) is 11.7. The molecule has 1 aromatic rings. The first kappa shape index (κ1) is 14.6. The summed E-state index contributed by atoms with van der Waals surface area (Å²) in [5, 5.41) is 2.14. The lowest BCUT2D eigenvalue weighted by molar-refractivity contribution is -0.141. The summed E-state index contributed by atoms with van der Waals surface area (Å²) in [5.74, 6) is -0.716. The van der Waals surface area contributed by atoms with E-state index < -0.39 is 11.2 Å². The monoisotopic (exact) mass is 267 g/mol. The molecule has 0 radical (unpaired) electrons. The van der Waals surface area contributed by atoms with Crippen LogP contribution in [0.5, 0.6) is 0 Å². The van der Waals surface area contributed by atoms with Gasteiger partial charge in [-0.3, -0.25) is 9.59 Å². The van der Waals surface area contributed by atoms with Gasteiger partial charge in [0.2, 0.25) is 0 Å². The summed E-state index contributed by atoms with van der Waals surface area (Å²) in [4.78, 5) is 24.0. The minimum Gasteiger partial charge on any atom is -0.465 e. The topological polar surface area (TPSA) is 55.4 Å². The molecule has 0 bridgehead atoms. The summed E-state index contributed by atoms with van der Waals surface area (Å²) < 4.78 is 4.91. The molecule has 0 saturated heterocycles. The van der Waals surface area contributed by atoms with Crippen molar-refractivity contribution < 1.29 is 14.3 Å². The lowest BCUT2D eigenvalue weighted by atomic mass is 10.1. The van der Waals surface area contributed by atoms with Crippen molar-refractivity contribution >= 4 is 29.2 Å². The molecule has 1 atom stereocenters. The number of nitrogens with one attached hydrogen (secondary N) is 1. The fourth-order valence-corrected chi connectivity index (χ4v) is 2.19. The number of ether oxygens (including phenoxy) is 1. The Morgan fingerprint density at radius 2 is 2.06 bits per heavy atom. The van der Waals surface area contributed by atoms with E-state index in [1.807, 2.05) is 6.07 Å². The molecule has 0 aliphatic carbocycles. The minimum absolute atomic E-state index is 0.231. The Kier molecular flexibility index (Phi) is 5.71. The molecule has 4 nitrogen and oxygen atoms in total. The first-order valence-corrected chi connectivity index (χ1v) is 6.94. The molecule has 1 aromatic carbocycles. The van der Waals surface area contributed by atoms with Gasteiger partial charge in [-0.05, 0) is 25.3 Å². The van der Waals surface area contributed by atoms with E-state index in [2.05, 4.69) is 5.32 Å². The Bertz CT molecular complexity index is 434. The number of anilines is 1. The van der Waals surface area contributed by atoms with Gasteiger partial charge < -0.3 is 10.1 Å². The molecule has 98 valence electrons. The zero-order valence-corrected chi connectivity index (χ0v) is 11.5. The molecule has 18 heavy (non-hydrogen) atoms. The molecule has 1 rings (SSSR count). The molecule has 0 amide bonds. The Balaban J connectivity index is 3.00. The Morgan fingerprint density at radius 3 is 2.61 bits per heavy atom. The Morgan fingerprint density at radius 1 is 1.39 bits per heavy atom. The van der Waals surface area contributed by atoms with Gasteiger partial charge in [0.1, 0.15) is 0 Å². The quantitative estimate of drug-likeness (QED) is 0.486. The molecule has 0 saturated carbocycles. The van der Waals surface area contributed by atoms with Crippen molar-refractivity contribution in [3.8, 4) is 0 Å². The number of ketones is 1. The van der Waals surface area contributed by atoms with Crippen molar-refractivity contribution in [2.24, 2.45) is 0 Å². The van der Waals surface area contributed by atoms with E-state index in [1.165, 1.54) is 11.8 Å². The molecule has 1 N–H and O–H groups in total. The third kappa shape index (κ3) is 3.26. The number of hydrogen-bond acceptors (Lipinski definition) is 5. The standard InChI is InChI=1S/C13H17NO3S/c1-4-17-13(16)12(18-3)11(15)9-7-5-6-8-10(9)14-2/h5-8,12,14H,4H2,1-3H3. The number of Topliss-reactive ketones (excluding diaryl/α,β-unsaturated/α-hetero) is 1. The predicted octanol–water partition coefficient (Wildman–Crippen LogP) is 2.21. The lowest BCUT2D eigenvalue weighted by Gasteiger charge is -2.14. The van der Waals surface area contributed by atoms with Crippen molar-refractivity contribution in [3.63, 3.8) is 0 Å². The SMILES string of the molecule is CCOC(=O)C(SC)C(=O)c1ccccc1NC. The second-order valence-electron chi connectivity index (χ2n) is 3.53. The molecule has 0 aromatic heterocycles. The molecule has 0 aliphatic rings. The van der Waals surface area contributed by atoms with Crippen LogP contribution in [0.1, 0.15) is 17.3 Å². The Hall–Kier alpha value is -1.49. The number of para-hydroxylation sites is 1. The number of rotatable bonds is 6. The third-order valence-electron chi connectivity index (χ3n) is 2.44. The van der Waals surface area contributed by atoms with Crippen LogP contribution in [0.25, 0.3) is 0 Å². The van der Waals surface area contributed by atoms with Crippen molar-refractivity contribution in [2.75, 3.05) is 25.2 Å². The van der Waals surface area contributed by atoms with Crippen LogP contribution < -0.4 is 5.32 Å². The maximum atomic E-state index is 12.3. The first-order chi connectivity index (χ1) is 8.65. The van der Waals surface area contributed by atoms with Crippen molar-refractivity contribution in [2.45, 2.75) is 12.2 Å². The van der Waals surface area contributed by atoms with E-state index in [4.69, 9.17) is 4.74 Å². The highest BCUT2D eigenvalue weighted by Gasteiger charge is 2.29. The van der Waals surface area contributed by atoms with Gasteiger partial charge in [0, 0.05) is 18.3 Å². The number of carbonyl (C=O) groups is 2. The van der Waals surface area contributed by atoms with Crippen LogP contribution >= 0.6 is 11.8 Å². The van der Waals surface area contributed by atoms with E-state index in [-0.39, 0.29) is 12.4 Å². The largest absolute Gasteiger partial charge is 0.465 e. The molecule has 0 heterocycles. The van der Waals surface area contributed by atoms with Crippen LogP contribution in [0.2, 0.25) is 0 Å². The second kappa shape index (κ2) is 7.06. The smallest absolute Gasteiger partial charge is 0.327 e. The van der Waals surface area contributed by atoms with Gasteiger partial charge in [0.25, 0.3) is 0 Å². The van der Waals surface area contributed by atoms with Gasteiger partial charge in [-0.2, -0.15) is 0 Å². The van der Waals surface area contributed by atoms with E-state index in [0.717, 1.165) is 0 Å². The van der Waals surface area contributed by atoms with Gasteiger partial charge in [-0.15, -0.1) is 11.8 Å². The van der Waals surface area contributed by atoms with Crippen molar-refractivity contribution in [1.82, 2.24) is 0 Å². The molecule has 1 unspecified atom stereocenters. The molecular formula is C13H17NO3S. The van der Waals surface area contributed by atoms with Crippen LogP contribution in [0.4, 0.5) is 5.69 Å². The summed E-state index contributed by atoms with van der Waals surface area (Å²) in [6, 6.07) is 7.12. The molecule has 0 fully saturated rings.